The maximum absolute atomic E-state index is 13.3. The quantitative estimate of drug-likeness (QED) is 0.621. The lowest BCUT2D eigenvalue weighted by Crippen LogP contribution is -2.37. The molecule has 190 valence electrons. The molecule has 0 saturated carbocycles. The van der Waals surface area contributed by atoms with Gasteiger partial charge in [-0.05, 0) is 44.1 Å². The van der Waals surface area contributed by atoms with E-state index in [-0.39, 0.29) is 23.8 Å². The molecule has 4 heterocycles. The molecule has 3 saturated heterocycles. The lowest BCUT2D eigenvalue weighted by Gasteiger charge is -2.25. The van der Waals surface area contributed by atoms with Crippen molar-refractivity contribution in [2.45, 2.75) is 32.7 Å². The molecule has 0 bridgehead atoms. The van der Waals surface area contributed by atoms with Gasteiger partial charge in [0.05, 0.1) is 29.7 Å². The fourth-order valence-corrected chi connectivity index (χ4v) is 7.02. The largest absolute Gasteiger partial charge is 0.381 e. The van der Waals surface area contributed by atoms with Crippen molar-refractivity contribution in [3.8, 4) is 6.07 Å². The first-order valence-electron chi connectivity index (χ1n) is 12.9. The van der Waals surface area contributed by atoms with Crippen molar-refractivity contribution >= 4 is 23.2 Å². The third-order valence-corrected chi connectivity index (χ3v) is 9.01. The normalized spacial score (nSPS) is 24.5. The molecule has 3 aliphatic rings. The van der Waals surface area contributed by atoms with Crippen molar-refractivity contribution in [3.63, 3.8) is 0 Å². The summed E-state index contributed by atoms with van der Waals surface area (Å²) in [4.78, 5) is 32.4. The highest BCUT2D eigenvalue weighted by molar-refractivity contribution is 7.12. The number of thiophene rings is 1. The van der Waals surface area contributed by atoms with Gasteiger partial charge in [-0.15, -0.1) is 11.3 Å². The van der Waals surface area contributed by atoms with Gasteiger partial charge < -0.3 is 19.9 Å². The van der Waals surface area contributed by atoms with Gasteiger partial charge in [0.25, 0.3) is 5.91 Å². The molecule has 3 fully saturated rings. The van der Waals surface area contributed by atoms with Crippen LogP contribution in [0.25, 0.3) is 0 Å². The highest BCUT2D eigenvalue weighted by atomic mass is 32.1. The molecule has 5 rings (SSSR count). The molecular formula is C28H34N4O3S. The summed E-state index contributed by atoms with van der Waals surface area (Å²) >= 11 is 1.53. The molecule has 4 atom stereocenters. The number of likely N-dealkylation sites (tertiary alicyclic amines) is 2. The molecule has 1 aromatic carbocycles. The number of amides is 2. The lowest BCUT2D eigenvalue weighted by atomic mass is 10.0. The van der Waals surface area contributed by atoms with E-state index in [2.05, 4.69) is 28.4 Å². The Labute approximate surface area is 217 Å². The second-order valence-electron chi connectivity index (χ2n) is 10.4. The molecule has 7 nitrogen and oxygen atoms in total. The molecule has 36 heavy (non-hydrogen) atoms. The van der Waals surface area contributed by atoms with Crippen LogP contribution in [0.1, 0.15) is 50.1 Å². The molecule has 2 amide bonds. The van der Waals surface area contributed by atoms with E-state index in [1.807, 2.05) is 36.9 Å². The third-order valence-electron chi connectivity index (χ3n) is 7.99. The van der Waals surface area contributed by atoms with Gasteiger partial charge in [-0.3, -0.25) is 9.59 Å². The summed E-state index contributed by atoms with van der Waals surface area (Å²) < 4.78 is 5.41. The standard InChI is InChI=1S/C28H34N4O3S/c1-18-24(12-29)26(19(2)36-18)28(34)32-15-22-13-31(14-23(22)16-32)10-8-25(20-6-4-3-5-7-20)30-27(33)21-9-11-35-17-21/h3-7,21-23,25H,8-11,13-17H2,1-2H3,(H,30,33)/t21?,22-,23?,25?/m0/s1. The molecule has 2 aromatic rings. The SMILES string of the molecule is Cc1sc(C)c(C(=O)N2CC3CN(CCC(NC(=O)C4CCOC4)c4ccccc4)C[C@H]3C2)c1C#N. The Kier molecular flexibility index (Phi) is 7.42. The van der Waals surface area contributed by atoms with Crippen molar-refractivity contribution < 1.29 is 14.3 Å². The minimum absolute atomic E-state index is 0.0112. The second kappa shape index (κ2) is 10.7. The number of benzene rings is 1. The van der Waals surface area contributed by atoms with Gasteiger partial charge in [0.15, 0.2) is 0 Å². The van der Waals surface area contributed by atoms with Crippen molar-refractivity contribution in [1.82, 2.24) is 15.1 Å². The number of ether oxygens (including phenoxy) is 1. The summed E-state index contributed by atoms with van der Waals surface area (Å²) in [5, 5.41) is 12.8. The Hall–Kier alpha value is -2.73. The van der Waals surface area contributed by atoms with E-state index in [0.29, 0.717) is 36.2 Å². The van der Waals surface area contributed by atoms with Crippen LogP contribution < -0.4 is 5.32 Å². The number of hydrogen-bond acceptors (Lipinski definition) is 6. The van der Waals surface area contributed by atoms with Gasteiger partial charge in [0.2, 0.25) is 5.91 Å². The van der Waals surface area contributed by atoms with E-state index in [1.54, 1.807) is 0 Å². The molecule has 3 aliphatic heterocycles. The van der Waals surface area contributed by atoms with E-state index < -0.39 is 0 Å². The second-order valence-corrected chi connectivity index (χ2v) is 11.8. The first-order chi connectivity index (χ1) is 17.4. The van der Waals surface area contributed by atoms with Crippen LogP contribution in [-0.2, 0) is 9.53 Å². The lowest BCUT2D eigenvalue weighted by molar-refractivity contribution is -0.125. The summed E-state index contributed by atoms with van der Waals surface area (Å²) in [6, 6.07) is 12.4. The maximum atomic E-state index is 13.3. The van der Waals surface area contributed by atoms with Gasteiger partial charge in [0.1, 0.15) is 6.07 Å². The van der Waals surface area contributed by atoms with Gasteiger partial charge in [0, 0.05) is 49.1 Å². The molecule has 0 spiro atoms. The molecule has 0 aliphatic carbocycles. The summed E-state index contributed by atoms with van der Waals surface area (Å²) in [7, 11) is 0. The van der Waals surface area contributed by atoms with Crippen molar-refractivity contribution in [3.05, 3.63) is 56.8 Å². The van der Waals surface area contributed by atoms with Crippen molar-refractivity contribution in [2.75, 3.05) is 45.9 Å². The molecule has 3 unspecified atom stereocenters. The first kappa shape index (κ1) is 24.9. The number of carbonyl (C=O) groups is 2. The fourth-order valence-electron chi connectivity index (χ4n) is 6.02. The Bertz CT molecular complexity index is 1140. The average Bonchev–Trinajstić information content (AvgIpc) is 3.65. The smallest absolute Gasteiger partial charge is 0.256 e. The Morgan fingerprint density at radius 1 is 1.14 bits per heavy atom. The van der Waals surface area contributed by atoms with E-state index >= 15 is 0 Å². The maximum Gasteiger partial charge on any atom is 0.256 e. The minimum atomic E-state index is -0.0527. The zero-order valence-corrected chi connectivity index (χ0v) is 21.9. The van der Waals surface area contributed by atoms with Crippen LogP contribution in [0.5, 0.6) is 0 Å². The summed E-state index contributed by atoms with van der Waals surface area (Å²) in [6.07, 6.45) is 1.64. The van der Waals surface area contributed by atoms with Crippen LogP contribution in [0.15, 0.2) is 30.3 Å². The van der Waals surface area contributed by atoms with Crippen molar-refractivity contribution in [2.24, 2.45) is 17.8 Å². The van der Waals surface area contributed by atoms with Gasteiger partial charge >= 0.3 is 0 Å². The van der Waals surface area contributed by atoms with Crippen molar-refractivity contribution in [1.29, 1.82) is 5.26 Å². The number of aryl methyl sites for hydroxylation is 2. The van der Waals surface area contributed by atoms with Gasteiger partial charge in [-0.25, -0.2) is 0 Å². The van der Waals surface area contributed by atoms with Crippen LogP contribution in [0.3, 0.4) is 0 Å². The first-order valence-corrected chi connectivity index (χ1v) is 13.7. The number of nitrogens with zero attached hydrogens (tertiary/aromatic N) is 3. The molecule has 8 heteroatoms. The molecule has 0 radical (unpaired) electrons. The Morgan fingerprint density at radius 2 is 1.86 bits per heavy atom. The highest BCUT2D eigenvalue weighted by Gasteiger charge is 2.42. The number of hydrogen-bond donors (Lipinski definition) is 1. The van der Waals surface area contributed by atoms with E-state index in [1.165, 1.54) is 11.3 Å². The van der Waals surface area contributed by atoms with Crippen LogP contribution in [0, 0.1) is 42.9 Å². The number of carbonyl (C=O) groups excluding carboxylic acids is 2. The topological polar surface area (TPSA) is 85.7 Å². The summed E-state index contributed by atoms with van der Waals surface area (Å²) in [5.74, 6) is 0.963. The van der Waals surface area contributed by atoms with Crippen LogP contribution >= 0.6 is 11.3 Å². The predicted octanol–water partition coefficient (Wildman–Crippen LogP) is 3.52. The Balaban J connectivity index is 1.17. The number of rotatable bonds is 7. The van der Waals surface area contributed by atoms with Crippen LogP contribution in [0.4, 0.5) is 0 Å². The number of nitriles is 1. The van der Waals surface area contributed by atoms with Gasteiger partial charge in [-0.1, -0.05) is 30.3 Å². The molecular weight excluding hydrogens is 472 g/mol. The van der Waals surface area contributed by atoms with Gasteiger partial charge in [-0.2, -0.15) is 5.26 Å². The average molecular weight is 507 g/mol. The third kappa shape index (κ3) is 5.06. The van der Waals surface area contributed by atoms with Crippen LogP contribution in [0.2, 0.25) is 0 Å². The van der Waals surface area contributed by atoms with E-state index in [9.17, 15) is 14.9 Å². The minimum Gasteiger partial charge on any atom is -0.381 e. The zero-order chi connectivity index (χ0) is 25.2. The number of nitrogens with one attached hydrogen (secondary N) is 1. The van der Waals surface area contributed by atoms with Crippen LogP contribution in [-0.4, -0.2) is 67.6 Å². The summed E-state index contributed by atoms with van der Waals surface area (Å²) in [6.45, 7) is 9.36. The summed E-state index contributed by atoms with van der Waals surface area (Å²) in [5.41, 5.74) is 2.28. The number of fused-ring (bicyclic) bond motifs is 1. The zero-order valence-electron chi connectivity index (χ0n) is 21.0. The monoisotopic (exact) mass is 506 g/mol. The van der Waals surface area contributed by atoms with E-state index in [0.717, 1.165) is 60.9 Å². The Morgan fingerprint density at radius 3 is 2.50 bits per heavy atom. The molecule has 1 N–H and O–H groups in total. The predicted molar refractivity (Wildman–Crippen MR) is 139 cm³/mol. The van der Waals surface area contributed by atoms with E-state index in [4.69, 9.17) is 4.74 Å². The highest BCUT2D eigenvalue weighted by Crippen LogP contribution is 2.35. The molecule has 1 aromatic heterocycles. The fraction of sp³-hybridized carbons (Fsp3) is 0.536.